The van der Waals surface area contributed by atoms with Crippen molar-refractivity contribution in [1.29, 1.82) is 0 Å². The van der Waals surface area contributed by atoms with Crippen molar-refractivity contribution in [1.82, 2.24) is 5.32 Å². The van der Waals surface area contributed by atoms with Gasteiger partial charge in [0.2, 0.25) is 0 Å². The van der Waals surface area contributed by atoms with Crippen molar-refractivity contribution >= 4 is 6.29 Å². The van der Waals surface area contributed by atoms with Crippen LogP contribution in [0.25, 0.3) is 0 Å². The minimum Gasteiger partial charge on any atom is -0.452 e. The first-order valence-corrected chi connectivity index (χ1v) is 3.88. The summed E-state index contributed by atoms with van der Waals surface area (Å²) in [7, 11) is 0. The van der Waals surface area contributed by atoms with Crippen LogP contribution in [-0.4, -0.2) is 12.8 Å². The van der Waals surface area contributed by atoms with Crippen LogP contribution >= 0.6 is 0 Å². The lowest BCUT2D eigenvalue weighted by Crippen LogP contribution is -2.18. The molecule has 0 atom stereocenters. The van der Waals surface area contributed by atoms with Crippen molar-refractivity contribution in [3.05, 3.63) is 35.4 Å². The summed E-state index contributed by atoms with van der Waals surface area (Å²) >= 11 is 0. The highest BCUT2D eigenvalue weighted by Crippen LogP contribution is 2.24. The van der Waals surface area contributed by atoms with Crippen molar-refractivity contribution in [3.63, 3.8) is 0 Å². The van der Waals surface area contributed by atoms with Gasteiger partial charge in [0, 0.05) is 12.7 Å². The van der Waals surface area contributed by atoms with E-state index in [4.69, 9.17) is 4.74 Å². The minimum absolute atomic E-state index is 0.369. The molecule has 0 radical (unpaired) electrons. The first-order chi connectivity index (χ1) is 5.90. The summed E-state index contributed by atoms with van der Waals surface area (Å²) < 4.78 is 5.26. The van der Waals surface area contributed by atoms with E-state index in [-0.39, 0.29) is 0 Å². The summed E-state index contributed by atoms with van der Waals surface area (Å²) in [6, 6.07) is 0. The number of ether oxygens (including phenoxy) is 1. The van der Waals surface area contributed by atoms with E-state index in [0.717, 1.165) is 24.3 Å². The van der Waals surface area contributed by atoms with Crippen molar-refractivity contribution in [2.75, 3.05) is 6.54 Å². The lowest BCUT2D eigenvalue weighted by molar-refractivity contribution is -0.107. The molecule has 0 saturated heterocycles. The first kappa shape index (κ1) is 7.16. The SMILES string of the molecule is O=CC1=CC=C2CCNC=C2O1. The number of allylic oxidation sites excluding steroid dienone is 4. The maximum atomic E-state index is 10.4. The molecule has 0 aliphatic carbocycles. The zero-order chi connectivity index (χ0) is 8.39. The third kappa shape index (κ3) is 1.13. The lowest BCUT2D eigenvalue weighted by Gasteiger charge is -2.20. The molecule has 3 heteroatoms. The molecule has 0 aromatic heterocycles. The molecule has 1 N–H and O–H groups in total. The standard InChI is InChI=1S/C9H9NO2/c11-6-8-2-1-7-3-4-10-5-9(7)12-8/h1-2,5-6,10H,3-4H2. The van der Waals surface area contributed by atoms with E-state index in [1.165, 1.54) is 0 Å². The summed E-state index contributed by atoms with van der Waals surface area (Å²) in [5.41, 5.74) is 1.15. The van der Waals surface area contributed by atoms with Gasteiger partial charge in [0.1, 0.15) is 5.76 Å². The fraction of sp³-hybridized carbons (Fsp3) is 0.222. The van der Waals surface area contributed by atoms with Crippen LogP contribution in [-0.2, 0) is 9.53 Å². The molecule has 0 unspecified atom stereocenters. The van der Waals surface area contributed by atoms with Crippen molar-refractivity contribution in [3.8, 4) is 0 Å². The van der Waals surface area contributed by atoms with Gasteiger partial charge in [-0.25, -0.2) is 0 Å². The molecular weight excluding hydrogens is 154 g/mol. The lowest BCUT2D eigenvalue weighted by atomic mass is 10.1. The van der Waals surface area contributed by atoms with Crippen LogP contribution in [0, 0.1) is 0 Å². The average molecular weight is 163 g/mol. The molecule has 2 heterocycles. The molecule has 2 rings (SSSR count). The third-order valence-corrected chi connectivity index (χ3v) is 1.88. The second kappa shape index (κ2) is 2.85. The number of hydrogen-bond donors (Lipinski definition) is 1. The summed E-state index contributed by atoms with van der Waals surface area (Å²) in [5.74, 6) is 1.14. The summed E-state index contributed by atoms with van der Waals surface area (Å²) in [6.45, 7) is 0.933. The molecule has 0 amide bonds. The molecule has 0 bridgehead atoms. The Kier molecular flexibility index (Phi) is 1.70. The van der Waals surface area contributed by atoms with Gasteiger partial charge in [0.15, 0.2) is 12.0 Å². The Bertz CT molecular complexity index is 300. The van der Waals surface area contributed by atoms with Gasteiger partial charge in [-0.3, -0.25) is 4.79 Å². The van der Waals surface area contributed by atoms with Gasteiger partial charge in [0.05, 0.1) is 0 Å². The Balaban J connectivity index is 2.30. The number of fused-ring (bicyclic) bond motifs is 1. The van der Waals surface area contributed by atoms with Crippen LogP contribution in [0.5, 0.6) is 0 Å². The summed E-state index contributed by atoms with van der Waals surface area (Å²) in [5, 5.41) is 3.06. The quantitative estimate of drug-likeness (QED) is 0.583. The number of nitrogens with one attached hydrogen (secondary N) is 1. The predicted molar refractivity (Wildman–Crippen MR) is 44.0 cm³/mol. The monoisotopic (exact) mass is 163 g/mol. The van der Waals surface area contributed by atoms with Crippen molar-refractivity contribution < 1.29 is 9.53 Å². The number of carbonyl (C=O) groups excluding carboxylic acids is 1. The maximum Gasteiger partial charge on any atom is 0.185 e. The molecule has 0 spiro atoms. The van der Waals surface area contributed by atoms with E-state index < -0.39 is 0 Å². The minimum atomic E-state index is 0.369. The predicted octanol–water partition coefficient (Wildman–Crippen LogP) is 0.860. The first-order valence-electron chi connectivity index (χ1n) is 3.88. The van der Waals surface area contributed by atoms with Gasteiger partial charge in [0.25, 0.3) is 0 Å². The topological polar surface area (TPSA) is 38.3 Å². The highest BCUT2D eigenvalue weighted by Gasteiger charge is 2.15. The highest BCUT2D eigenvalue weighted by atomic mass is 16.5. The molecule has 62 valence electrons. The summed E-state index contributed by atoms with van der Waals surface area (Å²) in [4.78, 5) is 10.4. The number of hydrogen-bond acceptors (Lipinski definition) is 3. The van der Waals surface area contributed by atoms with E-state index in [1.807, 2.05) is 6.08 Å². The van der Waals surface area contributed by atoms with Crippen molar-refractivity contribution in [2.24, 2.45) is 0 Å². The van der Waals surface area contributed by atoms with Crippen LogP contribution in [0.3, 0.4) is 0 Å². The molecular formula is C9H9NO2. The maximum absolute atomic E-state index is 10.4. The second-order valence-corrected chi connectivity index (χ2v) is 2.69. The third-order valence-electron chi connectivity index (χ3n) is 1.88. The van der Waals surface area contributed by atoms with E-state index >= 15 is 0 Å². The van der Waals surface area contributed by atoms with E-state index in [0.29, 0.717) is 12.0 Å². The van der Waals surface area contributed by atoms with Gasteiger partial charge in [-0.05, 0) is 18.1 Å². The molecule has 2 aliphatic heterocycles. The van der Waals surface area contributed by atoms with Crippen LogP contribution in [0.2, 0.25) is 0 Å². The number of rotatable bonds is 1. The Morgan fingerprint density at radius 3 is 3.25 bits per heavy atom. The Hall–Kier alpha value is -1.51. The molecule has 0 aromatic rings. The number of carbonyl (C=O) groups is 1. The van der Waals surface area contributed by atoms with E-state index in [9.17, 15) is 4.79 Å². The van der Waals surface area contributed by atoms with E-state index in [1.54, 1.807) is 12.3 Å². The molecule has 0 aromatic carbocycles. The zero-order valence-electron chi connectivity index (χ0n) is 6.54. The zero-order valence-corrected chi connectivity index (χ0v) is 6.54. The highest BCUT2D eigenvalue weighted by molar-refractivity contribution is 5.72. The fourth-order valence-corrected chi connectivity index (χ4v) is 1.26. The number of aldehydes is 1. The fourth-order valence-electron chi connectivity index (χ4n) is 1.26. The van der Waals surface area contributed by atoms with Crippen LogP contribution < -0.4 is 5.32 Å². The van der Waals surface area contributed by atoms with Gasteiger partial charge in [-0.15, -0.1) is 0 Å². The molecule has 0 fully saturated rings. The van der Waals surface area contributed by atoms with Gasteiger partial charge in [-0.2, -0.15) is 0 Å². The van der Waals surface area contributed by atoms with Crippen LogP contribution in [0.4, 0.5) is 0 Å². The Morgan fingerprint density at radius 2 is 2.42 bits per heavy atom. The van der Waals surface area contributed by atoms with Gasteiger partial charge in [-0.1, -0.05) is 6.08 Å². The largest absolute Gasteiger partial charge is 0.452 e. The second-order valence-electron chi connectivity index (χ2n) is 2.69. The molecule has 12 heavy (non-hydrogen) atoms. The summed E-state index contributed by atoms with van der Waals surface area (Å²) in [6.07, 6.45) is 7.09. The normalized spacial score (nSPS) is 20.5. The Morgan fingerprint density at radius 1 is 1.50 bits per heavy atom. The van der Waals surface area contributed by atoms with Gasteiger partial charge >= 0.3 is 0 Å². The van der Waals surface area contributed by atoms with Crippen molar-refractivity contribution in [2.45, 2.75) is 6.42 Å². The smallest absolute Gasteiger partial charge is 0.185 e. The molecule has 3 nitrogen and oxygen atoms in total. The molecule has 2 aliphatic rings. The van der Waals surface area contributed by atoms with Crippen LogP contribution in [0.15, 0.2) is 35.4 Å². The molecule has 0 saturated carbocycles. The van der Waals surface area contributed by atoms with Gasteiger partial charge < -0.3 is 10.1 Å². The Labute approximate surface area is 70.4 Å². The van der Waals surface area contributed by atoms with E-state index in [2.05, 4.69) is 5.32 Å². The van der Waals surface area contributed by atoms with Crippen LogP contribution in [0.1, 0.15) is 6.42 Å². The average Bonchev–Trinajstić information content (AvgIpc) is 2.17.